The van der Waals surface area contributed by atoms with E-state index in [4.69, 9.17) is 5.10 Å². The average molecular weight is 565 g/mol. The maximum Gasteiger partial charge on any atom is 0.235 e. The third-order valence-electron chi connectivity index (χ3n) is 8.32. The van der Waals surface area contributed by atoms with Crippen molar-refractivity contribution in [2.45, 2.75) is 52.6 Å². The molecule has 1 aliphatic carbocycles. The Morgan fingerprint density at radius 3 is 1.93 bits per heavy atom. The van der Waals surface area contributed by atoms with Gasteiger partial charge in [-0.2, -0.15) is 5.10 Å². The van der Waals surface area contributed by atoms with Gasteiger partial charge in [0.2, 0.25) is 11.8 Å². The van der Waals surface area contributed by atoms with Crippen LogP contribution in [0.5, 0.6) is 0 Å². The molecule has 1 fully saturated rings. The van der Waals surface area contributed by atoms with Crippen molar-refractivity contribution in [2.75, 3.05) is 10.6 Å². The van der Waals surface area contributed by atoms with Gasteiger partial charge in [0.1, 0.15) is 11.7 Å². The Morgan fingerprint density at radius 2 is 1.36 bits per heavy atom. The Kier molecular flexibility index (Phi) is 7.84. The molecule has 5 rings (SSSR count). The molecule has 216 valence electrons. The second-order valence-electron chi connectivity index (χ2n) is 11.4. The third kappa shape index (κ3) is 5.37. The smallest absolute Gasteiger partial charge is 0.235 e. The first kappa shape index (κ1) is 29.0. The second-order valence-corrected chi connectivity index (χ2v) is 11.4. The number of hydrogen-bond donors (Lipinski definition) is 3. The summed E-state index contributed by atoms with van der Waals surface area (Å²) in [6.45, 7) is 8.93. The molecule has 0 unspecified atom stereocenters. The van der Waals surface area contributed by atoms with Gasteiger partial charge >= 0.3 is 0 Å². The van der Waals surface area contributed by atoms with Gasteiger partial charge in [-0.1, -0.05) is 54.6 Å². The number of aliphatic hydroxyl groups is 1. The molecule has 0 saturated heterocycles. The first-order valence-electron chi connectivity index (χ1n) is 14.1. The number of rotatable bonds is 6. The van der Waals surface area contributed by atoms with Crippen molar-refractivity contribution in [1.82, 2.24) is 9.78 Å². The van der Waals surface area contributed by atoms with Crippen molar-refractivity contribution in [1.29, 1.82) is 0 Å². The molecule has 1 heterocycles. The topological polar surface area (TPSA) is 113 Å². The van der Waals surface area contributed by atoms with Gasteiger partial charge in [0.15, 0.2) is 0 Å². The van der Waals surface area contributed by atoms with Crippen LogP contribution in [-0.4, -0.2) is 38.1 Å². The molecule has 0 spiro atoms. The number of carbonyl (C=O) groups is 3. The van der Waals surface area contributed by atoms with E-state index < -0.39 is 41.0 Å². The molecule has 1 saturated carbocycles. The molecule has 4 aromatic rings. The number of aryl methyl sites for hydroxylation is 3. The summed E-state index contributed by atoms with van der Waals surface area (Å²) < 4.78 is 1.76. The lowest BCUT2D eigenvalue weighted by atomic mass is 9.60. The summed E-state index contributed by atoms with van der Waals surface area (Å²) in [5.41, 5.74) is 3.83. The Balaban J connectivity index is 1.67. The van der Waals surface area contributed by atoms with Crippen LogP contribution in [0, 0.1) is 39.5 Å². The molecule has 0 aliphatic heterocycles. The first-order valence-corrected chi connectivity index (χ1v) is 14.1. The van der Waals surface area contributed by atoms with Crippen LogP contribution in [0.2, 0.25) is 0 Å². The molecule has 4 atom stereocenters. The Morgan fingerprint density at radius 1 is 0.833 bits per heavy atom. The fraction of sp³-hybridized carbons (Fsp3) is 0.294. The van der Waals surface area contributed by atoms with Crippen molar-refractivity contribution in [2.24, 2.45) is 11.8 Å². The van der Waals surface area contributed by atoms with Gasteiger partial charge in [0.25, 0.3) is 0 Å². The molecule has 0 radical (unpaired) electrons. The molecule has 8 heteroatoms. The zero-order chi connectivity index (χ0) is 30.2. The molecule has 1 aliphatic rings. The predicted octanol–water partition coefficient (Wildman–Crippen LogP) is 5.42. The highest BCUT2D eigenvalue weighted by Gasteiger charge is 2.57. The molecule has 3 aromatic carbocycles. The molecule has 2 amide bonds. The summed E-state index contributed by atoms with van der Waals surface area (Å²) in [5.74, 6) is -4.76. The van der Waals surface area contributed by atoms with Crippen molar-refractivity contribution in [3.8, 4) is 5.69 Å². The van der Waals surface area contributed by atoms with Crippen molar-refractivity contribution in [3.63, 3.8) is 0 Å². The Hall–Kier alpha value is -4.56. The van der Waals surface area contributed by atoms with Gasteiger partial charge in [-0.25, -0.2) is 4.68 Å². The summed E-state index contributed by atoms with van der Waals surface area (Å²) >= 11 is 0. The fourth-order valence-electron chi connectivity index (χ4n) is 6.25. The highest BCUT2D eigenvalue weighted by molar-refractivity contribution is 6.10. The van der Waals surface area contributed by atoms with Crippen molar-refractivity contribution in [3.05, 3.63) is 107 Å². The molecule has 1 aromatic heterocycles. The van der Waals surface area contributed by atoms with E-state index in [1.54, 1.807) is 16.8 Å². The lowest BCUT2D eigenvalue weighted by molar-refractivity contribution is -0.150. The van der Waals surface area contributed by atoms with E-state index in [1.807, 2.05) is 94.4 Å². The molecule has 3 N–H and O–H groups in total. The minimum atomic E-state index is -1.72. The van der Waals surface area contributed by atoms with Gasteiger partial charge in [0.05, 0.1) is 22.9 Å². The van der Waals surface area contributed by atoms with Crippen LogP contribution in [-0.2, 0) is 14.4 Å². The van der Waals surface area contributed by atoms with E-state index in [0.29, 0.717) is 28.3 Å². The summed E-state index contributed by atoms with van der Waals surface area (Å²) in [6, 6.07) is 24.2. The SMILES string of the molecule is Cc1ccccc1NC(=O)[C@H]1C(=O)C[C@](C)(O)[C@@H](C(=O)Nc2ccccc2C)[C@@H]1c1c(C)nn(-c2ccccc2)c1C. The van der Waals surface area contributed by atoms with Gasteiger partial charge in [-0.3, -0.25) is 14.4 Å². The van der Waals surface area contributed by atoms with Crippen LogP contribution in [0.4, 0.5) is 11.4 Å². The van der Waals surface area contributed by atoms with Gasteiger partial charge < -0.3 is 15.7 Å². The van der Waals surface area contributed by atoms with Crippen LogP contribution >= 0.6 is 0 Å². The van der Waals surface area contributed by atoms with E-state index >= 15 is 0 Å². The number of Topliss-reactive ketones (excluding diaryl/α,β-unsaturated/α-hetero) is 1. The number of nitrogens with zero attached hydrogens (tertiary/aromatic N) is 2. The number of para-hydroxylation sites is 3. The molecular weight excluding hydrogens is 528 g/mol. The van der Waals surface area contributed by atoms with Crippen LogP contribution in [0.15, 0.2) is 78.9 Å². The third-order valence-corrected chi connectivity index (χ3v) is 8.32. The molecule has 8 nitrogen and oxygen atoms in total. The van der Waals surface area contributed by atoms with Crippen LogP contribution in [0.3, 0.4) is 0 Å². The lowest BCUT2D eigenvalue weighted by Crippen LogP contribution is -2.56. The van der Waals surface area contributed by atoms with E-state index in [2.05, 4.69) is 10.6 Å². The van der Waals surface area contributed by atoms with Crippen LogP contribution in [0.25, 0.3) is 5.69 Å². The number of carbonyl (C=O) groups excluding carboxylic acids is 3. The van der Waals surface area contributed by atoms with Gasteiger partial charge in [0, 0.05) is 35.0 Å². The van der Waals surface area contributed by atoms with E-state index in [-0.39, 0.29) is 6.42 Å². The first-order chi connectivity index (χ1) is 20.0. The van der Waals surface area contributed by atoms with Crippen LogP contribution < -0.4 is 10.6 Å². The van der Waals surface area contributed by atoms with E-state index in [0.717, 1.165) is 16.8 Å². The number of hydrogen-bond acceptors (Lipinski definition) is 5. The quantitative estimate of drug-likeness (QED) is 0.271. The standard InChI is InChI=1S/C34H36N4O4/c1-20-13-9-11-17-25(20)35-32(40)29-27(39)19-34(5,42)31(33(41)36-26-18-12-10-14-21(26)2)30(29)28-22(3)37-38(23(28)4)24-15-7-6-8-16-24/h6-18,29-31,42H,19H2,1-5H3,(H,35,40)(H,36,41)/t29-,30+,31+,34-/m0/s1. The highest BCUT2D eigenvalue weighted by atomic mass is 16.3. The monoisotopic (exact) mass is 564 g/mol. The number of amides is 2. The maximum absolute atomic E-state index is 14.2. The van der Waals surface area contributed by atoms with Crippen molar-refractivity contribution < 1.29 is 19.5 Å². The summed E-state index contributed by atoms with van der Waals surface area (Å²) in [6.07, 6.45) is -0.341. The maximum atomic E-state index is 14.2. The lowest BCUT2D eigenvalue weighted by Gasteiger charge is -2.44. The number of benzene rings is 3. The van der Waals surface area contributed by atoms with Crippen molar-refractivity contribution >= 4 is 29.0 Å². The minimum Gasteiger partial charge on any atom is -0.389 e. The van der Waals surface area contributed by atoms with Crippen LogP contribution in [0.1, 0.15) is 47.3 Å². The highest BCUT2D eigenvalue weighted by Crippen LogP contribution is 2.48. The molecule has 0 bridgehead atoms. The average Bonchev–Trinajstić information content (AvgIpc) is 3.23. The molecule has 42 heavy (non-hydrogen) atoms. The fourth-order valence-corrected chi connectivity index (χ4v) is 6.25. The van der Waals surface area contributed by atoms with E-state index in [1.165, 1.54) is 6.92 Å². The van der Waals surface area contributed by atoms with Gasteiger partial charge in [-0.15, -0.1) is 0 Å². The Labute approximate surface area is 245 Å². The summed E-state index contributed by atoms with van der Waals surface area (Å²) in [4.78, 5) is 42.0. The molecular formula is C34H36N4O4. The zero-order valence-corrected chi connectivity index (χ0v) is 24.5. The minimum absolute atomic E-state index is 0.341. The Bertz CT molecular complexity index is 1660. The number of ketones is 1. The number of nitrogens with one attached hydrogen (secondary N) is 2. The number of aromatic nitrogens is 2. The normalized spacial score (nSPS) is 22.0. The zero-order valence-electron chi connectivity index (χ0n) is 24.5. The summed E-state index contributed by atoms with van der Waals surface area (Å²) in [7, 11) is 0. The van der Waals surface area contributed by atoms with Gasteiger partial charge in [-0.05, 0) is 70.0 Å². The van der Waals surface area contributed by atoms with E-state index in [9.17, 15) is 19.5 Å². The summed E-state index contributed by atoms with van der Waals surface area (Å²) in [5, 5.41) is 22.4. The number of anilines is 2. The second kappa shape index (κ2) is 11.4. The largest absolute Gasteiger partial charge is 0.389 e. The predicted molar refractivity (Wildman–Crippen MR) is 163 cm³/mol.